The van der Waals surface area contributed by atoms with Gasteiger partial charge in [-0.05, 0) is 6.92 Å². The quantitative estimate of drug-likeness (QED) is 0.759. The van der Waals surface area contributed by atoms with E-state index in [0.29, 0.717) is 24.4 Å². The SMILES string of the molecule is CCC(=O)OC1C(C)=C(Cl)C(=O)N1C1=NNCC1. The average Bonchev–Trinajstić information content (AvgIpc) is 2.94. The molecular weight excluding hydrogens is 258 g/mol. The number of nitrogens with zero attached hydrogens (tertiary/aromatic N) is 2. The number of nitrogens with one attached hydrogen (secondary N) is 1. The highest BCUT2D eigenvalue weighted by atomic mass is 35.5. The maximum Gasteiger partial charge on any atom is 0.307 e. The monoisotopic (exact) mass is 271 g/mol. The van der Waals surface area contributed by atoms with Crippen LogP contribution in [0, 0.1) is 0 Å². The molecule has 6 nitrogen and oxygen atoms in total. The van der Waals surface area contributed by atoms with E-state index in [2.05, 4.69) is 10.5 Å². The molecule has 2 aliphatic rings. The third-order valence-corrected chi connectivity index (χ3v) is 3.30. The molecule has 0 aromatic rings. The summed E-state index contributed by atoms with van der Waals surface area (Å²) in [5, 5.41) is 4.11. The zero-order chi connectivity index (χ0) is 13.3. The Morgan fingerprint density at radius 3 is 2.94 bits per heavy atom. The molecule has 0 saturated carbocycles. The molecule has 2 aliphatic heterocycles. The lowest BCUT2D eigenvalue weighted by molar-refractivity contribution is -0.153. The molecule has 0 aliphatic carbocycles. The largest absolute Gasteiger partial charge is 0.437 e. The fourth-order valence-corrected chi connectivity index (χ4v) is 2.01. The molecule has 2 heterocycles. The lowest BCUT2D eigenvalue weighted by Gasteiger charge is -2.24. The van der Waals surface area contributed by atoms with Gasteiger partial charge in [-0.25, -0.2) is 0 Å². The van der Waals surface area contributed by atoms with Crippen molar-refractivity contribution in [2.24, 2.45) is 5.10 Å². The van der Waals surface area contributed by atoms with Gasteiger partial charge < -0.3 is 10.2 Å². The fraction of sp³-hybridized carbons (Fsp3) is 0.545. The van der Waals surface area contributed by atoms with Crippen LogP contribution < -0.4 is 5.43 Å². The highest BCUT2D eigenvalue weighted by Gasteiger charge is 2.42. The summed E-state index contributed by atoms with van der Waals surface area (Å²) in [6, 6.07) is 0. The van der Waals surface area contributed by atoms with Gasteiger partial charge in [0.25, 0.3) is 5.91 Å². The lowest BCUT2D eigenvalue weighted by Crippen LogP contribution is -2.42. The number of ether oxygens (including phenoxy) is 1. The topological polar surface area (TPSA) is 71.0 Å². The number of hydrazone groups is 1. The Balaban J connectivity index is 2.26. The van der Waals surface area contributed by atoms with Gasteiger partial charge in [0.2, 0.25) is 6.23 Å². The van der Waals surface area contributed by atoms with E-state index in [1.54, 1.807) is 13.8 Å². The van der Waals surface area contributed by atoms with Crippen LogP contribution in [0.4, 0.5) is 0 Å². The molecule has 98 valence electrons. The number of hydrogen-bond acceptors (Lipinski definition) is 5. The minimum absolute atomic E-state index is 0.0958. The third-order valence-electron chi connectivity index (χ3n) is 2.84. The van der Waals surface area contributed by atoms with E-state index in [1.165, 1.54) is 4.90 Å². The number of rotatable bonds is 2. The van der Waals surface area contributed by atoms with Crippen LogP contribution >= 0.6 is 11.6 Å². The lowest BCUT2D eigenvalue weighted by atomic mass is 10.3. The minimum Gasteiger partial charge on any atom is -0.437 e. The molecule has 0 radical (unpaired) electrons. The normalized spacial score (nSPS) is 23.3. The second-order valence-electron chi connectivity index (χ2n) is 4.05. The van der Waals surface area contributed by atoms with E-state index in [-0.39, 0.29) is 23.3 Å². The van der Waals surface area contributed by atoms with E-state index < -0.39 is 6.23 Å². The maximum absolute atomic E-state index is 12.0. The Labute approximate surface area is 110 Å². The molecule has 7 heteroatoms. The predicted molar refractivity (Wildman–Crippen MR) is 65.6 cm³/mol. The van der Waals surface area contributed by atoms with Gasteiger partial charge in [0.05, 0.1) is 0 Å². The van der Waals surface area contributed by atoms with Crippen LogP contribution in [0.1, 0.15) is 26.7 Å². The molecule has 0 fully saturated rings. The molecule has 18 heavy (non-hydrogen) atoms. The second-order valence-corrected chi connectivity index (χ2v) is 4.43. The van der Waals surface area contributed by atoms with Gasteiger partial charge in [-0.3, -0.25) is 14.5 Å². The Hall–Kier alpha value is -1.56. The van der Waals surface area contributed by atoms with Gasteiger partial charge >= 0.3 is 5.97 Å². The Morgan fingerprint density at radius 2 is 2.39 bits per heavy atom. The van der Waals surface area contributed by atoms with Crippen molar-refractivity contribution in [1.82, 2.24) is 10.3 Å². The zero-order valence-corrected chi connectivity index (χ0v) is 11.0. The van der Waals surface area contributed by atoms with E-state index in [4.69, 9.17) is 16.3 Å². The molecule has 1 unspecified atom stereocenters. The highest BCUT2D eigenvalue weighted by molar-refractivity contribution is 6.44. The number of esters is 1. The van der Waals surface area contributed by atoms with E-state index in [9.17, 15) is 9.59 Å². The molecule has 0 bridgehead atoms. The first kappa shape index (κ1) is 12.9. The molecule has 1 amide bonds. The number of amides is 1. The molecule has 0 aromatic carbocycles. The van der Waals surface area contributed by atoms with Crippen LogP contribution in [-0.4, -0.2) is 35.4 Å². The van der Waals surface area contributed by atoms with Gasteiger partial charge in [0.15, 0.2) is 0 Å². The molecule has 1 atom stereocenters. The van der Waals surface area contributed by atoms with Crippen molar-refractivity contribution in [2.45, 2.75) is 32.9 Å². The summed E-state index contributed by atoms with van der Waals surface area (Å²) in [7, 11) is 0. The van der Waals surface area contributed by atoms with Crippen molar-refractivity contribution in [3.63, 3.8) is 0 Å². The summed E-state index contributed by atoms with van der Waals surface area (Å²) in [6.45, 7) is 4.03. The summed E-state index contributed by atoms with van der Waals surface area (Å²) < 4.78 is 5.25. The summed E-state index contributed by atoms with van der Waals surface area (Å²) in [5.74, 6) is -0.204. The standard InChI is InChI=1S/C11H14ClN3O3/c1-3-8(16)18-11-6(2)9(12)10(17)15(11)7-4-5-13-14-7/h11,13H,3-5H2,1-2H3. The predicted octanol–water partition coefficient (Wildman–Crippen LogP) is 0.928. The number of hydrogen-bond donors (Lipinski definition) is 1. The summed E-state index contributed by atoms with van der Waals surface area (Å²) in [5.41, 5.74) is 3.32. The first-order valence-electron chi connectivity index (χ1n) is 5.75. The molecule has 1 N–H and O–H groups in total. The smallest absolute Gasteiger partial charge is 0.307 e. The maximum atomic E-state index is 12.0. The molecule has 0 saturated heterocycles. The van der Waals surface area contributed by atoms with Crippen molar-refractivity contribution >= 4 is 29.3 Å². The summed E-state index contributed by atoms with van der Waals surface area (Å²) in [6.07, 6.45) is 0.0773. The van der Waals surface area contributed by atoms with Crippen LogP contribution in [0.2, 0.25) is 0 Å². The molecule has 0 spiro atoms. The van der Waals surface area contributed by atoms with Gasteiger partial charge in [-0.1, -0.05) is 18.5 Å². The van der Waals surface area contributed by atoms with Crippen molar-refractivity contribution in [3.05, 3.63) is 10.6 Å². The molecule has 2 rings (SSSR count). The minimum atomic E-state index is -0.768. The second kappa shape index (κ2) is 4.97. The molecular formula is C11H14ClN3O3. The Morgan fingerprint density at radius 1 is 1.67 bits per heavy atom. The van der Waals surface area contributed by atoms with Crippen molar-refractivity contribution < 1.29 is 14.3 Å². The Bertz CT molecular complexity index is 458. The van der Waals surface area contributed by atoms with Crippen molar-refractivity contribution in [2.75, 3.05) is 6.54 Å². The van der Waals surface area contributed by atoms with Crippen molar-refractivity contribution in [1.29, 1.82) is 0 Å². The van der Waals surface area contributed by atoms with Gasteiger partial charge in [-0.2, -0.15) is 5.10 Å². The first-order chi connectivity index (χ1) is 8.56. The molecule has 0 aromatic heterocycles. The fourth-order valence-electron chi connectivity index (χ4n) is 1.83. The van der Waals surface area contributed by atoms with Crippen molar-refractivity contribution in [3.8, 4) is 0 Å². The van der Waals surface area contributed by atoms with E-state index in [1.807, 2.05) is 0 Å². The summed E-state index contributed by atoms with van der Waals surface area (Å²) in [4.78, 5) is 24.8. The first-order valence-corrected chi connectivity index (χ1v) is 6.12. The van der Waals surface area contributed by atoms with Crippen LogP contribution in [0.15, 0.2) is 15.7 Å². The van der Waals surface area contributed by atoms with Gasteiger partial charge in [-0.15, -0.1) is 0 Å². The number of carbonyl (C=O) groups is 2. The van der Waals surface area contributed by atoms with Crippen LogP contribution in [0.25, 0.3) is 0 Å². The number of halogens is 1. The van der Waals surface area contributed by atoms with Crippen LogP contribution in [0.5, 0.6) is 0 Å². The van der Waals surface area contributed by atoms with Gasteiger partial charge in [0.1, 0.15) is 10.9 Å². The average molecular weight is 272 g/mol. The van der Waals surface area contributed by atoms with Crippen LogP contribution in [0.3, 0.4) is 0 Å². The number of amidine groups is 1. The highest BCUT2D eigenvalue weighted by Crippen LogP contribution is 2.30. The van der Waals surface area contributed by atoms with Crippen LogP contribution in [-0.2, 0) is 14.3 Å². The summed E-state index contributed by atoms with van der Waals surface area (Å²) >= 11 is 5.93. The third kappa shape index (κ3) is 2.08. The number of carbonyl (C=O) groups excluding carboxylic acids is 2. The Kier molecular flexibility index (Phi) is 3.56. The zero-order valence-electron chi connectivity index (χ0n) is 10.2. The van der Waals surface area contributed by atoms with E-state index in [0.717, 1.165) is 0 Å². The van der Waals surface area contributed by atoms with E-state index >= 15 is 0 Å². The van der Waals surface area contributed by atoms with Gasteiger partial charge in [0, 0.05) is 25.0 Å².